The Morgan fingerprint density at radius 2 is 1.93 bits per heavy atom. The van der Waals surface area contributed by atoms with Crippen molar-refractivity contribution in [3.8, 4) is 0 Å². The molecule has 0 spiro atoms. The molecule has 0 saturated heterocycles. The van der Waals surface area contributed by atoms with Gasteiger partial charge in [0.1, 0.15) is 0 Å². The second kappa shape index (κ2) is 6.80. The lowest BCUT2D eigenvalue weighted by atomic mass is 9.78. The van der Waals surface area contributed by atoms with Gasteiger partial charge in [-0.2, -0.15) is 0 Å². The molecule has 0 radical (unpaired) electrons. The Labute approximate surface area is 88.6 Å². The van der Waals surface area contributed by atoms with Crippen LogP contribution >= 0.6 is 0 Å². The summed E-state index contributed by atoms with van der Waals surface area (Å²) in [6, 6.07) is 0. The summed E-state index contributed by atoms with van der Waals surface area (Å²) in [7, 11) is 0. The smallest absolute Gasteiger partial charge is 0.160 e. The van der Waals surface area contributed by atoms with Crippen LogP contribution in [0.5, 0.6) is 0 Å². The zero-order valence-electron chi connectivity index (χ0n) is 9.94. The molecule has 0 amide bonds. The number of unbranched alkanes of at least 4 members (excludes halogenated alkanes) is 3. The fourth-order valence-corrected chi connectivity index (χ4v) is 1.66. The summed E-state index contributed by atoms with van der Waals surface area (Å²) in [5.41, 5.74) is -0.157. The van der Waals surface area contributed by atoms with Crippen LogP contribution in [0.1, 0.15) is 59.3 Å². The number of hydrogen-bond acceptors (Lipinski definition) is 1. The molecule has 0 N–H and O–H groups in total. The van der Waals surface area contributed by atoms with Gasteiger partial charge in [0.05, 0.1) is 0 Å². The van der Waals surface area contributed by atoms with Crippen molar-refractivity contribution in [3.63, 3.8) is 0 Å². The third-order valence-electron chi connectivity index (χ3n) is 3.14. The number of rotatable bonds is 8. The summed E-state index contributed by atoms with van der Waals surface area (Å²) in [6.07, 6.45) is 8.34. The van der Waals surface area contributed by atoms with Crippen LogP contribution in [0.15, 0.2) is 12.7 Å². The summed E-state index contributed by atoms with van der Waals surface area (Å²) < 4.78 is 0. The van der Waals surface area contributed by atoms with E-state index in [0.717, 1.165) is 19.3 Å². The van der Waals surface area contributed by atoms with E-state index in [1.165, 1.54) is 25.3 Å². The number of carbonyl (C=O) groups excluding carboxylic acids is 1. The molecular weight excluding hydrogens is 172 g/mol. The predicted molar refractivity (Wildman–Crippen MR) is 62.4 cm³/mol. The molecule has 1 heteroatoms. The Morgan fingerprint density at radius 3 is 2.36 bits per heavy atom. The molecule has 0 aliphatic heterocycles. The Bertz CT molecular complexity index is 184. The third kappa shape index (κ3) is 4.08. The van der Waals surface area contributed by atoms with Crippen LogP contribution in [0.3, 0.4) is 0 Å². The standard InChI is InChI=1S/C13H24O/c1-5-8-9-10-11-13(4,7-3)12(14)6-2/h6H,2,5,7-11H2,1,3-4H3. The lowest BCUT2D eigenvalue weighted by molar-refractivity contribution is -0.123. The van der Waals surface area contributed by atoms with E-state index in [2.05, 4.69) is 27.4 Å². The van der Waals surface area contributed by atoms with Crippen LogP contribution in [0.2, 0.25) is 0 Å². The first-order valence-corrected chi connectivity index (χ1v) is 5.77. The van der Waals surface area contributed by atoms with E-state index >= 15 is 0 Å². The minimum absolute atomic E-state index is 0.157. The average Bonchev–Trinajstić information content (AvgIpc) is 2.22. The van der Waals surface area contributed by atoms with E-state index in [4.69, 9.17) is 0 Å². The van der Waals surface area contributed by atoms with Crippen molar-refractivity contribution in [1.82, 2.24) is 0 Å². The van der Waals surface area contributed by atoms with E-state index in [0.29, 0.717) is 0 Å². The molecular formula is C13H24O. The lowest BCUT2D eigenvalue weighted by Gasteiger charge is -2.24. The zero-order chi connectivity index (χ0) is 11.0. The minimum Gasteiger partial charge on any atom is -0.294 e. The maximum absolute atomic E-state index is 11.6. The summed E-state index contributed by atoms with van der Waals surface area (Å²) in [5, 5.41) is 0. The second-order valence-corrected chi connectivity index (χ2v) is 4.29. The highest BCUT2D eigenvalue weighted by atomic mass is 16.1. The van der Waals surface area contributed by atoms with Crippen LogP contribution in [-0.2, 0) is 4.79 Å². The molecule has 0 aromatic heterocycles. The Balaban J connectivity index is 3.99. The summed E-state index contributed by atoms with van der Waals surface area (Å²) in [5.74, 6) is 0.205. The normalized spacial score (nSPS) is 14.8. The van der Waals surface area contributed by atoms with Crippen molar-refractivity contribution in [3.05, 3.63) is 12.7 Å². The molecule has 0 bridgehead atoms. The molecule has 1 unspecified atom stereocenters. The predicted octanol–water partition coefficient (Wildman–Crippen LogP) is 4.13. The maximum atomic E-state index is 11.6. The van der Waals surface area contributed by atoms with E-state index in [1.807, 2.05) is 0 Å². The second-order valence-electron chi connectivity index (χ2n) is 4.29. The highest BCUT2D eigenvalue weighted by Gasteiger charge is 2.27. The highest BCUT2D eigenvalue weighted by molar-refractivity contribution is 5.93. The summed E-state index contributed by atoms with van der Waals surface area (Å²) in [6.45, 7) is 9.91. The van der Waals surface area contributed by atoms with Gasteiger partial charge in [-0.25, -0.2) is 0 Å². The molecule has 14 heavy (non-hydrogen) atoms. The zero-order valence-corrected chi connectivity index (χ0v) is 9.94. The van der Waals surface area contributed by atoms with Gasteiger partial charge in [0, 0.05) is 5.41 Å². The van der Waals surface area contributed by atoms with Gasteiger partial charge in [0.2, 0.25) is 0 Å². The fraction of sp³-hybridized carbons (Fsp3) is 0.769. The van der Waals surface area contributed by atoms with E-state index in [9.17, 15) is 4.79 Å². The monoisotopic (exact) mass is 196 g/mol. The molecule has 0 saturated carbocycles. The van der Waals surface area contributed by atoms with Gasteiger partial charge in [-0.05, 0) is 18.9 Å². The van der Waals surface area contributed by atoms with Crippen molar-refractivity contribution >= 4 is 5.78 Å². The Kier molecular flexibility index (Phi) is 6.52. The minimum atomic E-state index is -0.157. The molecule has 0 aromatic rings. The maximum Gasteiger partial charge on any atom is 0.160 e. The molecule has 0 aliphatic carbocycles. The number of hydrogen-bond donors (Lipinski definition) is 0. The third-order valence-corrected chi connectivity index (χ3v) is 3.14. The largest absolute Gasteiger partial charge is 0.294 e. The van der Waals surface area contributed by atoms with Crippen LogP contribution in [0, 0.1) is 5.41 Å². The average molecular weight is 196 g/mol. The van der Waals surface area contributed by atoms with Crippen molar-refractivity contribution in [2.45, 2.75) is 59.3 Å². The van der Waals surface area contributed by atoms with E-state index in [-0.39, 0.29) is 11.2 Å². The molecule has 0 aromatic carbocycles. The number of ketones is 1. The van der Waals surface area contributed by atoms with Crippen molar-refractivity contribution in [2.75, 3.05) is 0 Å². The first kappa shape index (κ1) is 13.4. The molecule has 0 rings (SSSR count). The van der Waals surface area contributed by atoms with Crippen molar-refractivity contribution in [2.24, 2.45) is 5.41 Å². The molecule has 0 fully saturated rings. The molecule has 0 heterocycles. The van der Waals surface area contributed by atoms with Gasteiger partial charge in [0.15, 0.2) is 5.78 Å². The molecule has 1 atom stereocenters. The van der Waals surface area contributed by atoms with Gasteiger partial charge in [-0.3, -0.25) is 4.79 Å². The summed E-state index contributed by atoms with van der Waals surface area (Å²) in [4.78, 5) is 11.6. The molecule has 1 nitrogen and oxygen atoms in total. The Hall–Kier alpha value is -0.590. The van der Waals surface area contributed by atoms with Crippen LogP contribution < -0.4 is 0 Å². The van der Waals surface area contributed by atoms with Crippen molar-refractivity contribution in [1.29, 1.82) is 0 Å². The Morgan fingerprint density at radius 1 is 1.29 bits per heavy atom. The fourth-order valence-electron chi connectivity index (χ4n) is 1.66. The first-order chi connectivity index (χ1) is 6.60. The van der Waals surface area contributed by atoms with Crippen LogP contribution in [0.25, 0.3) is 0 Å². The number of allylic oxidation sites excluding steroid dienone is 1. The lowest BCUT2D eigenvalue weighted by Crippen LogP contribution is -2.25. The van der Waals surface area contributed by atoms with Gasteiger partial charge in [0.25, 0.3) is 0 Å². The number of carbonyl (C=O) groups is 1. The SMILES string of the molecule is C=CC(=O)C(C)(CC)CCCCCC. The summed E-state index contributed by atoms with van der Waals surface area (Å²) >= 11 is 0. The van der Waals surface area contributed by atoms with Gasteiger partial charge >= 0.3 is 0 Å². The van der Waals surface area contributed by atoms with E-state index in [1.54, 1.807) is 0 Å². The quantitative estimate of drug-likeness (QED) is 0.421. The molecule has 82 valence electrons. The highest BCUT2D eigenvalue weighted by Crippen LogP contribution is 2.29. The van der Waals surface area contributed by atoms with Gasteiger partial charge in [-0.1, -0.05) is 53.0 Å². The molecule has 0 aliphatic rings. The van der Waals surface area contributed by atoms with Gasteiger partial charge in [-0.15, -0.1) is 0 Å². The van der Waals surface area contributed by atoms with Gasteiger partial charge < -0.3 is 0 Å². The topological polar surface area (TPSA) is 17.1 Å². The first-order valence-electron chi connectivity index (χ1n) is 5.77. The van der Waals surface area contributed by atoms with Crippen LogP contribution in [0.4, 0.5) is 0 Å². The van der Waals surface area contributed by atoms with Crippen LogP contribution in [-0.4, -0.2) is 5.78 Å². The van der Waals surface area contributed by atoms with E-state index < -0.39 is 0 Å². The van der Waals surface area contributed by atoms with Crippen molar-refractivity contribution < 1.29 is 4.79 Å².